The van der Waals surface area contributed by atoms with Gasteiger partial charge in [-0.2, -0.15) is 0 Å². The largest absolute Gasteiger partial charge is 0.480 e. The molecule has 0 aliphatic rings. The molecule has 0 fully saturated rings. The Bertz CT molecular complexity index is 2520. The van der Waals surface area contributed by atoms with Crippen LogP contribution in [0.5, 0.6) is 0 Å². The minimum absolute atomic E-state index is 0.00183. The van der Waals surface area contributed by atoms with Gasteiger partial charge in [0, 0.05) is 32.1 Å². The lowest BCUT2D eigenvalue weighted by molar-refractivity contribution is -0.142. The first-order chi connectivity index (χ1) is 32.5. The fraction of sp³-hybridized carbons (Fsp3) is 0.222. The number of hydrogen-bond acceptors (Lipinski definition) is 7. The third kappa shape index (κ3) is 15.6. The minimum Gasteiger partial charge on any atom is -0.480 e. The molecule has 0 aromatic heterocycles. The third-order valence-corrected chi connectivity index (χ3v) is 11.2. The molecular weight excluding hydrogens is 845 g/mol. The number of nitrogens with one attached hydrogen (secondary N) is 5. The van der Waals surface area contributed by atoms with E-state index in [1.807, 2.05) is 78.9 Å². The molecule has 6 aromatic rings. The van der Waals surface area contributed by atoms with Gasteiger partial charge >= 0.3 is 5.97 Å². The molecule has 0 unspecified atom stereocenters. The maximum absolute atomic E-state index is 14.6. The zero-order valence-corrected chi connectivity index (χ0v) is 37.0. The molecular formula is C54H56N6O7. The lowest BCUT2D eigenvalue weighted by atomic mass is 9.99. The number of carboxylic acids is 1. The number of amides is 5. The normalized spacial score (nSPS) is 13.6. The Balaban J connectivity index is 1.26. The van der Waals surface area contributed by atoms with Gasteiger partial charge in [-0.3, -0.25) is 24.0 Å². The summed E-state index contributed by atoms with van der Waals surface area (Å²) in [6, 6.07) is 47.1. The Morgan fingerprint density at radius 2 is 0.507 bits per heavy atom. The van der Waals surface area contributed by atoms with Crippen LogP contribution in [0, 0.1) is 0 Å². The maximum Gasteiger partial charge on any atom is 0.326 e. The van der Waals surface area contributed by atoms with Crippen LogP contribution in [-0.4, -0.2) is 76.9 Å². The summed E-state index contributed by atoms with van der Waals surface area (Å²) in [5.74, 6) is -4.58. The van der Waals surface area contributed by atoms with E-state index < -0.39 is 71.8 Å². The Morgan fingerprint density at radius 3 is 0.746 bits per heavy atom. The van der Waals surface area contributed by atoms with E-state index in [9.17, 15) is 33.9 Å². The highest BCUT2D eigenvalue weighted by atomic mass is 16.4. The molecule has 0 saturated heterocycles. The second-order valence-electron chi connectivity index (χ2n) is 16.4. The van der Waals surface area contributed by atoms with Gasteiger partial charge in [-0.1, -0.05) is 182 Å². The summed E-state index contributed by atoms with van der Waals surface area (Å²) in [5.41, 5.74) is 10.8. The van der Waals surface area contributed by atoms with Gasteiger partial charge in [0.1, 0.15) is 30.2 Å². The highest BCUT2D eigenvalue weighted by Gasteiger charge is 2.34. The Hall–Kier alpha value is -7.90. The molecule has 13 nitrogen and oxygen atoms in total. The zero-order chi connectivity index (χ0) is 47.4. The number of aliphatic carboxylic acids is 1. The van der Waals surface area contributed by atoms with Crippen LogP contribution >= 0.6 is 0 Å². The second kappa shape index (κ2) is 25.0. The van der Waals surface area contributed by atoms with Crippen LogP contribution < -0.4 is 32.3 Å². The van der Waals surface area contributed by atoms with Crippen molar-refractivity contribution in [2.24, 2.45) is 5.73 Å². The Labute approximate surface area is 390 Å². The standard InChI is InChI=1S/C54H56N6O7/c55-43(31-37-19-7-1-8-20-37)49(61)56-44(32-38-21-9-2-10-22-38)50(62)57-45(33-39-23-11-3-12-24-39)51(63)58-46(34-40-25-13-4-14-26-40)52(64)59-47(35-41-27-15-5-16-28-41)53(65)60-48(54(66)67)36-42-29-17-6-18-30-42/h1-30,43-48H,31-36,55H2,(H,56,61)(H,57,62)(H,58,63)(H,59,64)(H,60,65)(H,66,67)/t43-,44+,45-,46+,47-,48+/m1/s1. The van der Waals surface area contributed by atoms with Crippen molar-refractivity contribution < 1.29 is 33.9 Å². The summed E-state index contributed by atoms with van der Waals surface area (Å²) in [7, 11) is 0. The molecule has 6 aromatic carbocycles. The lowest BCUT2D eigenvalue weighted by Gasteiger charge is -2.27. The van der Waals surface area contributed by atoms with Crippen molar-refractivity contribution in [2.45, 2.75) is 74.8 Å². The molecule has 344 valence electrons. The van der Waals surface area contributed by atoms with E-state index in [1.54, 1.807) is 103 Å². The van der Waals surface area contributed by atoms with Crippen LogP contribution in [0.15, 0.2) is 182 Å². The molecule has 67 heavy (non-hydrogen) atoms. The number of carboxylic acid groups (broad SMARTS) is 1. The summed E-state index contributed by atoms with van der Waals surface area (Å²) in [6.45, 7) is 0. The molecule has 0 saturated carbocycles. The molecule has 6 atom stereocenters. The zero-order valence-electron chi connectivity index (χ0n) is 37.0. The van der Waals surface area contributed by atoms with Gasteiger partial charge in [-0.05, 0) is 39.8 Å². The van der Waals surface area contributed by atoms with Crippen molar-refractivity contribution in [2.75, 3.05) is 0 Å². The van der Waals surface area contributed by atoms with Crippen molar-refractivity contribution in [1.29, 1.82) is 0 Å². The quantitative estimate of drug-likeness (QED) is 0.0493. The molecule has 6 rings (SSSR count). The fourth-order valence-electron chi connectivity index (χ4n) is 7.61. The number of nitrogens with two attached hydrogens (primary N) is 1. The smallest absolute Gasteiger partial charge is 0.326 e. The van der Waals surface area contributed by atoms with Gasteiger partial charge < -0.3 is 37.4 Å². The molecule has 0 heterocycles. The van der Waals surface area contributed by atoms with Crippen LogP contribution in [0.25, 0.3) is 0 Å². The summed E-state index contributed by atoms with van der Waals surface area (Å²) in [6.07, 6.45) is 0.367. The molecule has 0 bridgehead atoms. The summed E-state index contributed by atoms with van der Waals surface area (Å²) in [5, 5.41) is 24.1. The van der Waals surface area contributed by atoms with Gasteiger partial charge in [0.2, 0.25) is 29.5 Å². The summed E-state index contributed by atoms with van der Waals surface area (Å²) < 4.78 is 0. The van der Waals surface area contributed by atoms with Crippen LogP contribution in [0.2, 0.25) is 0 Å². The molecule has 8 N–H and O–H groups in total. The van der Waals surface area contributed by atoms with Gasteiger partial charge in [-0.25, -0.2) is 4.79 Å². The number of rotatable bonds is 23. The van der Waals surface area contributed by atoms with Crippen LogP contribution in [0.3, 0.4) is 0 Å². The predicted octanol–water partition coefficient (Wildman–Crippen LogP) is 4.28. The lowest BCUT2D eigenvalue weighted by Crippen LogP contribution is -2.60. The molecule has 0 aliphatic carbocycles. The van der Waals surface area contributed by atoms with Gasteiger partial charge in [0.25, 0.3) is 0 Å². The van der Waals surface area contributed by atoms with E-state index in [0.29, 0.717) is 22.3 Å². The van der Waals surface area contributed by atoms with Crippen molar-refractivity contribution in [3.63, 3.8) is 0 Å². The summed E-state index contributed by atoms with van der Waals surface area (Å²) in [4.78, 5) is 83.7. The van der Waals surface area contributed by atoms with E-state index in [0.717, 1.165) is 11.1 Å². The van der Waals surface area contributed by atoms with Crippen LogP contribution in [0.4, 0.5) is 0 Å². The van der Waals surface area contributed by atoms with E-state index in [4.69, 9.17) is 5.73 Å². The molecule has 5 amide bonds. The van der Waals surface area contributed by atoms with Crippen LogP contribution in [-0.2, 0) is 67.3 Å². The molecule has 0 spiro atoms. The average Bonchev–Trinajstić information content (AvgIpc) is 3.34. The summed E-state index contributed by atoms with van der Waals surface area (Å²) >= 11 is 0. The average molecular weight is 901 g/mol. The SMILES string of the molecule is N[C@H](Cc1ccccc1)C(=O)N[C@@H](Cc1ccccc1)C(=O)N[C@H](Cc1ccccc1)C(=O)N[C@@H](Cc1ccccc1)C(=O)N[C@H](Cc1ccccc1)C(=O)N[C@@H](Cc1ccccc1)C(=O)O. The molecule has 0 radical (unpaired) electrons. The van der Waals surface area contributed by atoms with Gasteiger partial charge in [0.05, 0.1) is 6.04 Å². The first-order valence-electron chi connectivity index (χ1n) is 22.2. The van der Waals surface area contributed by atoms with Crippen molar-refractivity contribution in [3.8, 4) is 0 Å². The number of carbonyl (C=O) groups excluding carboxylic acids is 5. The monoisotopic (exact) mass is 900 g/mol. The Morgan fingerprint density at radius 1 is 0.313 bits per heavy atom. The van der Waals surface area contributed by atoms with E-state index in [1.165, 1.54) is 0 Å². The second-order valence-corrected chi connectivity index (χ2v) is 16.4. The maximum atomic E-state index is 14.6. The number of benzene rings is 6. The van der Waals surface area contributed by atoms with E-state index in [-0.39, 0.29) is 38.5 Å². The Kier molecular flexibility index (Phi) is 18.1. The molecule has 13 heteroatoms. The van der Waals surface area contributed by atoms with Gasteiger partial charge in [0.15, 0.2) is 0 Å². The minimum atomic E-state index is -1.30. The third-order valence-electron chi connectivity index (χ3n) is 11.2. The van der Waals surface area contributed by atoms with Crippen molar-refractivity contribution in [1.82, 2.24) is 26.6 Å². The first-order valence-corrected chi connectivity index (χ1v) is 22.2. The number of hydrogen-bond donors (Lipinski definition) is 7. The van der Waals surface area contributed by atoms with Crippen molar-refractivity contribution in [3.05, 3.63) is 215 Å². The molecule has 0 aliphatic heterocycles. The van der Waals surface area contributed by atoms with Crippen molar-refractivity contribution >= 4 is 35.5 Å². The van der Waals surface area contributed by atoms with E-state index in [2.05, 4.69) is 26.6 Å². The van der Waals surface area contributed by atoms with Gasteiger partial charge in [-0.15, -0.1) is 0 Å². The van der Waals surface area contributed by atoms with E-state index >= 15 is 0 Å². The topological polar surface area (TPSA) is 209 Å². The highest BCUT2D eigenvalue weighted by Crippen LogP contribution is 2.12. The highest BCUT2D eigenvalue weighted by molar-refractivity contribution is 5.97. The first kappa shape index (κ1) is 48.6. The van der Waals surface area contributed by atoms with Crippen LogP contribution in [0.1, 0.15) is 33.4 Å². The number of carbonyl (C=O) groups is 6. The predicted molar refractivity (Wildman–Crippen MR) is 256 cm³/mol. The fourth-order valence-corrected chi connectivity index (χ4v) is 7.61.